The number of nitrogens with zero attached hydrogens (tertiary/aromatic N) is 1. The third-order valence-electron chi connectivity index (χ3n) is 4.46. The zero-order valence-corrected chi connectivity index (χ0v) is 12.9. The fraction of sp³-hybridized carbons (Fsp3) is 0.562. The maximum atomic E-state index is 12.7. The van der Waals surface area contributed by atoms with Crippen LogP contribution in [0.2, 0.25) is 5.02 Å². The van der Waals surface area contributed by atoms with Gasteiger partial charge in [-0.2, -0.15) is 0 Å². The molecular weight excluding hydrogens is 274 g/mol. The Balaban J connectivity index is 2.04. The lowest BCUT2D eigenvalue weighted by atomic mass is 9.91. The molecule has 0 radical (unpaired) electrons. The monoisotopic (exact) mass is 293 g/mol. The number of aliphatic hydroxyl groups is 1. The zero-order chi connectivity index (χ0) is 14.7. The summed E-state index contributed by atoms with van der Waals surface area (Å²) in [6, 6.07) is 3.83. The highest BCUT2D eigenvalue weighted by Crippen LogP contribution is 2.41. The Morgan fingerprint density at radius 2 is 2.05 bits per heavy atom. The van der Waals surface area contributed by atoms with Gasteiger partial charge >= 0.3 is 0 Å². The molecule has 1 atom stereocenters. The van der Waals surface area contributed by atoms with Crippen molar-refractivity contribution in [2.45, 2.75) is 51.8 Å². The molecule has 1 N–H and O–H groups in total. The van der Waals surface area contributed by atoms with Gasteiger partial charge in [0, 0.05) is 17.6 Å². The van der Waals surface area contributed by atoms with Crippen molar-refractivity contribution in [3.63, 3.8) is 0 Å². The Hall–Kier alpha value is -1.06. The van der Waals surface area contributed by atoms with Gasteiger partial charge in [-0.05, 0) is 62.8 Å². The van der Waals surface area contributed by atoms with E-state index in [-0.39, 0.29) is 11.9 Å². The average molecular weight is 294 g/mol. The van der Waals surface area contributed by atoms with Crippen LogP contribution in [0, 0.1) is 5.92 Å². The Kier molecular flexibility index (Phi) is 3.11. The fourth-order valence-corrected chi connectivity index (χ4v) is 3.32. The molecule has 1 aromatic rings. The van der Waals surface area contributed by atoms with Crippen molar-refractivity contribution in [3.8, 4) is 0 Å². The van der Waals surface area contributed by atoms with E-state index in [0.717, 1.165) is 5.56 Å². The molecule has 0 unspecified atom stereocenters. The van der Waals surface area contributed by atoms with E-state index in [1.54, 1.807) is 19.9 Å². The van der Waals surface area contributed by atoms with Gasteiger partial charge in [0.05, 0.1) is 11.2 Å². The van der Waals surface area contributed by atoms with Crippen molar-refractivity contribution < 1.29 is 9.90 Å². The minimum absolute atomic E-state index is 0.0354. The van der Waals surface area contributed by atoms with Crippen molar-refractivity contribution >= 4 is 17.5 Å². The summed E-state index contributed by atoms with van der Waals surface area (Å²) in [6.45, 7) is 6.11. The van der Waals surface area contributed by atoms with Gasteiger partial charge in [0.25, 0.3) is 5.91 Å². The number of halogens is 1. The first-order chi connectivity index (χ1) is 9.29. The van der Waals surface area contributed by atoms with Crippen LogP contribution >= 0.6 is 11.6 Å². The van der Waals surface area contributed by atoms with Gasteiger partial charge in [0.15, 0.2) is 0 Å². The van der Waals surface area contributed by atoms with Crippen LogP contribution in [-0.4, -0.2) is 22.0 Å². The summed E-state index contributed by atoms with van der Waals surface area (Å²) in [4.78, 5) is 14.6. The van der Waals surface area contributed by atoms with Gasteiger partial charge in [-0.15, -0.1) is 0 Å². The number of carbonyl (C=O) groups is 1. The van der Waals surface area contributed by atoms with E-state index in [0.29, 0.717) is 28.6 Å². The first kappa shape index (κ1) is 13.9. The highest BCUT2D eigenvalue weighted by Gasteiger charge is 2.41. The van der Waals surface area contributed by atoms with Gasteiger partial charge in [0.1, 0.15) is 0 Å². The van der Waals surface area contributed by atoms with E-state index in [2.05, 4.69) is 6.92 Å². The van der Waals surface area contributed by atoms with Crippen LogP contribution in [0.3, 0.4) is 0 Å². The third-order valence-corrected chi connectivity index (χ3v) is 4.67. The van der Waals surface area contributed by atoms with Gasteiger partial charge in [-0.25, -0.2) is 0 Å². The summed E-state index contributed by atoms with van der Waals surface area (Å²) < 4.78 is 0. The van der Waals surface area contributed by atoms with E-state index in [9.17, 15) is 9.90 Å². The Morgan fingerprint density at radius 1 is 1.40 bits per heavy atom. The van der Waals surface area contributed by atoms with Crippen molar-refractivity contribution in [1.82, 2.24) is 4.90 Å². The summed E-state index contributed by atoms with van der Waals surface area (Å²) in [6.07, 6.45) is 2.42. The molecule has 20 heavy (non-hydrogen) atoms. The topological polar surface area (TPSA) is 40.5 Å². The molecule has 1 fully saturated rings. The Morgan fingerprint density at radius 3 is 2.60 bits per heavy atom. The first-order valence-electron chi connectivity index (χ1n) is 7.15. The van der Waals surface area contributed by atoms with Crippen molar-refractivity contribution in [3.05, 3.63) is 33.8 Å². The summed E-state index contributed by atoms with van der Waals surface area (Å²) in [5.41, 5.74) is 1.15. The Labute approximate surface area is 124 Å². The Bertz CT molecular complexity index is 573. The fourth-order valence-electron chi connectivity index (χ4n) is 3.08. The largest absolute Gasteiger partial charge is 0.386 e. The van der Waals surface area contributed by atoms with Crippen LogP contribution in [0.5, 0.6) is 0 Å². The van der Waals surface area contributed by atoms with Crippen molar-refractivity contribution in [1.29, 1.82) is 0 Å². The molecule has 0 spiro atoms. The van der Waals surface area contributed by atoms with E-state index in [4.69, 9.17) is 11.6 Å². The second kappa shape index (κ2) is 4.47. The standard InChI is InChI=1S/C16H20ClNO2/c1-9(10-4-5-10)18-8-11-6-12(17)7-13(16(2,3)20)14(11)15(18)19/h6-7,9-10,20H,4-5,8H2,1-3H3/t9-/m0/s1. The predicted octanol–water partition coefficient (Wildman–Crippen LogP) is 3.32. The maximum absolute atomic E-state index is 12.7. The molecule has 1 aliphatic heterocycles. The van der Waals surface area contributed by atoms with E-state index < -0.39 is 5.60 Å². The molecule has 1 heterocycles. The lowest BCUT2D eigenvalue weighted by molar-refractivity contribution is 0.0648. The lowest BCUT2D eigenvalue weighted by Gasteiger charge is -2.25. The highest BCUT2D eigenvalue weighted by molar-refractivity contribution is 6.31. The smallest absolute Gasteiger partial charge is 0.255 e. The predicted molar refractivity (Wildman–Crippen MR) is 78.8 cm³/mol. The molecule has 1 aromatic carbocycles. The van der Waals surface area contributed by atoms with E-state index in [1.807, 2.05) is 11.0 Å². The zero-order valence-electron chi connectivity index (χ0n) is 12.1. The molecule has 0 aromatic heterocycles. The summed E-state index contributed by atoms with van der Waals surface area (Å²) in [5, 5.41) is 10.9. The summed E-state index contributed by atoms with van der Waals surface area (Å²) >= 11 is 6.14. The van der Waals surface area contributed by atoms with Crippen LogP contribution in [0.25, 0.3) is 0 Å². The molecule has 0 bridgehead atoms. The number of amides is 1. The average Bonchev–Trinajstić information content (AvgIpc) is 3.12. The molecular formula is C16H20ClNO2. The molecule has 1 amide bonds. The highest BCUT2D eigenvalue weighted by atomic mass is 35.5. The third kappa shape index (κ3) is 2.23. The summed E-state index contributed by atoms with van der Waals surface area (Å²) in [5.74, 6) is 0.669. The number of rotatable bonds is 3. The second-order valence-electron chi connectivity index (χ2n) is 6.56. The summed E-state index contributed by atoms with van der Waals surface area (Å²) in [7, 11) is 0. The second-order valence-corrected chi connectivity index (χ2v) is 6.99. The molecule has 3 nitrogen and oxygen atoms in total. The number of hydrogen-bond acceptors (Lipinski definition) is 2. The van der Waals surface area contributed by atoms with Gasteiger partial charge in [0.2, 0.25) is 0 Å². The van der Waals surface area contributed by atoms with E-state index >= 15 is 0 Å². The van der Waals surface area contributed by atoms with Crippen LogP contribution in [0.1, 0.15) is 55.1 Å². The number of hydrogen-bond donors (Lipinski definition) is 1. The van der Waals surface area contributed by atoms with Crippen LogP contribution < -0.4 is 0 Å². The molecule has 1 aliphatic carbocycles. The molecule has 2 aliphatic rings. The van der Waals surface area contributed by atoms with Gasteiger partial charge < -0.3 is 10.0 Å². The first-order valence-corrected chi connectivity index (χ1v) is 7.53. The van der Waals surface area contributed by atoms with E-state index in [1.165, 1.54) is 12.8 Å². The quantitative estimate of drug-likeness (QED) is 0.929. The van der Waals surface area contributed by atoms with Crippen molar-refractivity contribution in [2.24, 2.45) is 5.92 Å². The lowest BCUT2D eigenvalue weighted by Crippen LogP contribution is -2.35. The molecule has 3 rings (SSSR count). The maximum Gasteiger partial charge on any atom is 0.255 e. The van der Waals surface area contributed by atoms with Gasteiger partial charge in [-0.1, -0.05) is 11.6 Å². The minimum atomic E-state index is -1.07. The minimum Gasteiger partial charge on any atom is -0.386 e. The number of fused-ring (bicyclic) bond motifs is 1. The van der Waals surface area contributed by atoms with Crippen LogP contribution in [-0.2, 0) is 12.1 Å². The molecule has 4 heteroatoms. The van der Waals surface area contributed by atoms with Crippen LogP contribution in [0.4, 0.5) is 0 Å². The molecule has 1 saturated carbocycles. The normalized spacial score (nSPS) is 20.2. The van der Waals surface area contributed by atoms with Gasteiger partial charge in [-0.3, -0.25) is 4.79 Å². The van der Waals surface area contributed by atoms with Crippen LogP contribution in [0.15, 0.2) is 12.1 Å². The molecule has 0 saturated heterocycles. The number of carbonyl (C=O) groups excluding carboxylic acids is 1. The molecule has 108 valence electrons. The van der Waals surface area contributed by atoms with Crippen molar-refractivity contribution in [2.75, 3.05) is 0 Å². The number of benzene rings is 1. The SMILES string of the molecule is C[C@@H](C1CC1)N1Cc2cc(Cl)cc(C(C)(C)O)c2C1=O.